The number of aryl methyl sites for hydroxylation is 2. The fourth-order valence-electron chi connectivity index (χ4n) is 2.74. The van der Waals surface area contributed by atoms with Crippen molar-refractivity contribution in [3.8, 4) is 0 Å². The van der Waals surface area contributed by atoms with Crippen molar-refractivity contribution in [2.24, 2.45) is 0 Å². The van der Waals surface area contributed by atoms with E-state index in [9.17, 15) is 4.79 Å². The van der Waals surface area contributed by atoms with Crippen LogP contribution in [0, 0.1) is 13.8 Å². The van der Waals surface area contributed by atoms with Gasteiger partial charge in [-0.3, -0.25) is 9.20 Å². The van der Waals surface area contributed by atoms with E-state index in [0.29, 0.717) is 5.75 Å². The molecule has 1 aromatic carbocycles. The van der Waals surface area contributed by atoms with Crippen LogP contribution in [0.5, 0.6) is 0 Å². The Morgan fingerprint density at radius 2 is 2.08 bits per heavy atom. The molecule has 6 heteroatoms. The first-order valence-electron chi connectivity index (χ1n) is 7.58. The summed E-state index contributed by atoms with van der Waals surface area (Å²) in [4.78, 5) is 13.0. The van der Waals surface area contributed by atoms with Crippen LogP contribution in [-0.4, -0.2) is 26.1 Å². The molecule has 0 amide bonds. The summed E-state index contributed by atoms with van der Waals surface area (Å²) < 4.78 is 2.06. The van der Waals surface area contributed by atoms with E-state index in [2.05, 4.69) is 45.8 Å². The average Bonchev–Trinajstić information content (AvgIpc) is 3.23. The van der Waals surface area contributed by atoms with Crippen molar-refractivity contribution < 1.29 is 4.79 Å². The second kappa shape index (κ2) is 6.03. The third-order valence-electron chi connectivity index (χ3n) is 3.91. The Morgan fingerprint density at radius 1 is 1.21 bits per heavy atom. The Balaban J connectivity index is 1.77. The lowest BCUT2D eigenvalue weighted by atomic mass is 10.1. The van der Waals surface area contributed by atoms with Gasteiger partial charge in [0.25, 0.3) is 0 Å². The molecule has 0 N–H and O–H groups in total. The molecule has 3 aromatic heterocycles. The zero-order chi connectivity index (χ0) is 16.7. The summed E-state index contributed by atoms with van der Waals surface area (Å²) >= 11 is 2.91. The summed E-state index contributed by atoms with van der Waals surface area (Å²) in [7, 11) is 0. The van der Waals surface area contributed by atoms with Crippen molar-refractivity contribution >= 4 is 45.4 Å². The molecule has 0 saturated heterocycles. The van der Waals surface area contributed by atoms with Crippen molar-refractivity contribution in [2.75, 3.05) is 5.75 Å². The fourth-order valence-corrected chi connectivity index (χ4v) is 4.33. The number of carbonyl (C=O) groups is 1. The first-order chi connectivity index (χ1) is 11.6. The van der Waals surface area contributed by atoms with Crippen LogP contribution in [0.15, 0.2) is 46.9 Å². The molecular formula is C18H15N3OS2. The molecule has 0 bridgehead atoms. The van der Waals surface area contributed by atoms with E-state index in [-0.39, 0.29) is 5.78 Å². The molecule has 0 aliphatic rings. The molecular weight excluding hydrogens is 338 g/mol. The monoisotopic (exact) mass is 353 g/mol. The number of thiophene rings is 1. The van der Waals surface area contributed by atoms with Crippen LogP contribution in [0.3, 0.4) is 0 Å². The largest absolute Gasteiger partial charge is 0.292 e. The van der Waals surface area contributed by atoms with Gasteiger partial charge < -0.3 is 0 Å². The molecule has 4 aromatic rings. The number of fused-ring (bicyclic) bond motifs is 3. The second-order valence-electron chi connectivity index (χ2n) is 5.72. The number of rotatable bonds is 4. The van der Waals surface area contributed by atoms with E-state index >= 15 is 0 Å². The van der Waals surface area contributed by atoms with Gasteiger partial charge in [-0.05, 0) is 53.9 Å². The number of ketones is 1. The predicted octanol–water partition coefficient (Wildman–Crippen LogP) is 4.54. The Bertz CT molecular complexity index is 1050. The van der Waals surface area contributed by atoms with Gasteiger partial charge in [-0.15, -0.1) is 21.5 Å². The van der Waals surface area contributed by atoms with Gasteiger partial charge in [-0.1, -0.05) is 30.0 Å². The smallest absolute Gasteiger partial charge is 0.196 e. The standard InChI is InChI=1S/C18H15N3OS2/c1-11-5-6-13-9-12(2)17-19-20-18(21(17)14(13)8-11)24-10-15(22)16-4-3-7-23-16/h3-9H,10H2,1-2H3. The van der Waals surface area contributed by atoms with E-state index in [0.717, 1.165) is 32.1 Å². The quantitative estimate of drug-likeness (QED) is 0.399. The summed E-state index contributed by atoms with van der Waals surface area (Å²) in [6, 6.07) is 12.2. The number of nitrogens with zero attached hydrogens (tertiary/aromatic N) is 3. The molecule has 0 spiro atoms. The Kier molecular flexibility index (Phi) is 3.86. The van der Waals surface area contributed by atoms with Gasteiger partial charge in [0.05, 0.1) is 16.1 Å². The molecule has 0 atom stereocenters. The highest BCUT2D eigenvalue weighted by atomic mass is 32.2. The molecule has 0 aliphatic carbocycles. The number of pyridine rings is 1. The average molecular weight is 353 g/mol. The van der Waals surface area contributed by atoms with Crippen LogP contribution in [0.2, 0.25) is 0 Å². The highest BCUT2D eigenvalue weighted by Gasteiger charge is 2.15. The second-order valence-corrected chi connectivity index (χ2v) is 7.61. The Morgan fingerprint density at radius 3 is 2.88 bits per heavy atom. The molecule has 120 valence electrons. The van der Waals surface area contributed by atoms with Crippen LogP contribution in [-0.2, 0) is 0 Å². The zero-order valence-corrected chi connectivity index (χ0v) is 14.9. The van der Waals surface area contributed by atoms with Crippen molar-refractivity contribution in [2.45, 2.75) is 19.0 Å². The number of aromatic nitrogens is 3. The highest BCUT2D eigenvalue weighted by molar-refractivity contribution is 7.99. The lowest BCUT2D eigenvalue weighted by molar-refractivity contribution is 0.102. The third-order valence-corrected chi connectivity index (χ3v) is 5.75. The minimum absolute atomic E-state index is 0.125. The maximum absolute atomic E-state index is 12.3. The minimum Gasteiger partial charge on any atom is -0.292 e. The first-order valence-corrected chi connectivity index (χ1v) is 9.44. The lowest BCUT2D eigenvalue weighted by Gasteiger charge is -2.07. The maximum Gasteiger partial charge on any atom is 0.196 e. The van der Waals surface area contributed by atoms with Gasteiger partial charge in [0.15, 0.2) is 16.6 Å². The molecule has 0 saturated carbocycles. The summed E-state index contributed by atoms with van der Waals surface area (Å²) in [5, 5.41) is 12.5. The first kappa shape index (κ1) is 15.4. The number of carbonyl (C=O) groups excluding carboxylic acids is 1. The highest BCUT2D eigenvalue weighted by Crippen LogP contribution is 2.27. The van der Waals surface area contributed by atoms with E-state index < -0.39 is 0 Å². The number of Topliss-reactive ketones (excluding diaryl/α,β-unsaturated/α-hetero) is 1. The van der Waals surface area contributed by atoms with Crippen LogP contribution < -0.4 is 0 Å². The lowest BCUT2D eigenvalue weighted by Crippen LogP contribution is -2.01. The molecule has 24 heavy (non-hydrogen) atoms. The molecule has 4 nitrogen and oxygen atoms in total. The number of hydrogen-bond acceptors (Lipinski definition) is 5. The normalized spacial score (nSPS) is 11.4. The van der Waals surface area contributed by atoms with Crippen molar-refractivity contribution in [3.63, 3.8) is 0 Å². The summed E-state index contributed by atoms with van der Waals surface area (Å²) in [5.41, 5.74) is 4.19. The van der Waals surface area contributed by atoms with Gasteiger partial charge in [0.1, 0.15) is 0 Å². The Labute approximate surface area is 147 Å². The number of thioether (sulfide) groups is 1. The number of benzene rings is 1. The van der Waals surface area contributed by atoms with E-state index in [4.69, 9.17) is 0 Å². The van der Waals surface area contributed by atoms with Crippen LogP contribution >= 0.6 is 23.1 Å². The summed E-state index contributed by atoms with van der Waals surface area (Å²) in [5.74, 6) is 0.489. The van der Waals surface area contributed by atoms with Gasteiger partial charge in [0, 0.05) is 0 Å². The zero-order valence-electron chi connectivity index (χ0n) is 13.3. The summed E-state index contributed by atoms with van der Waals surface area (Å²) in [6.45, 7) is 4.11. The molecule has 0 radical (unpaired) electrons. The van der Waals surface area contributed by atoms with Gasteiger partial charge in [-0.2, -0.15) is 0 Å². The molecule has 0 aliphatic heterocycles. The molecule has 3 heterocycles. The van der Waals surface area contributed by atoms with Gasteiger partial charge >= 0.3 is 0 Å². The Hall–Kier alpha value is -2.18. The fraction of sp³-hybridized carbons (Fsp3) is 0.167. The van der Waals surface area contributed by atoms with Gasteiger partial charge in [-0.25, -0.2) is 0 Å². The van der Waals surface area contributed by atoms with E-state index in [1.54, 1.807) is 0 Å². The topological polar surface area (TPSA) is 47.3 Å². The van der Waals surface area contributed by atoms with Crippen molar-refractivity contribution in [1.82, 2.24) is 14.6 Å². The molecule has 4 rings (SSSR count). The minimum atomic E-state index is 0.125. The number of hydrogen-bond donors (Lipinski definition) is 0. The maximum atomic E-state index is 12.3. The van der Waals surface area contributed by atoms with Crippen LogP contribution in [0.25, 0.3) is 16.6 Å². The van der Waals surface area contributed by atoms with Crippen molar-refractivity contribution in [1.29, 1.82) is 0 Å². The van der Waals surface area contributed by atoms with Crippen LogP contribution in [0.4, 0.5) is 0 Å². The molecule has 0 unspecified atom stereocenters. The van der Waals surface area contributed by atoms with Gasteiger partial charge in [0.2, 0.25) is 0 Å². The van der Waals surface area contributed by atoms with E-state index in [1.165, 1.54) is 28.7 Å². The predicted molar refractivity (Wildman–Crippen MR) is 99.3 cm³/mol. The third kappa shape index (κ3) is 2.61. The van der Waals surface area contributed by atoms with Crippen molar-refractivity contribution in [3.05, 3.63) is 57.8 Å². The van der Waals surface area contributed by atoms with E-state index in [1.807, 2.05) is 24.4 Å². The molecule has 0 fully saturated rings. The SMILES string of the molecule is Cc1ccc2cc(C)c3nnc(SCC(=O)c4cccs4)n3c2c1. The summed E-state index contributed by atoms with van der Waals surface area (Å²) in [6.07, 6.45) is 0. The van der Waals surface area contributed by atoms with Crippen LogP contribution in [0.1, 0.15) is 20.8 Å².